The number of allylic oxidation sites excluding steroid dienone is 1. The summed E-state index contributed by atoms with van der Waals surface area (Å²) in [6.07, 6.45) is 3.81. The molecule has 1 rings (SSSR count). The van der Waals surface area contributed by atoms with Gasteiger partial charge in [-0.1, -0.05) is 30.3 Å². The van der Waals surface area contributed by atoms with Crippen LogP contribution in [0.25, 0.3) is 0 Å². The topological polar surface area (TPSA) is 26.0 Å². The normalized spacial score (nSPS) is 11.6. The minimum atomic E-state index is 0. The van der Waals surface area contributed by atoms with Crippen molar-refractivity contribution in [2.45, 2.75) is 25.8 Å². The Morgan fingerprint density at radius 1 is 1.36 bits per heavy atom. The van der Waals surface area contributed by atoms with Crippen LogP contribution in [0, 0.1) is 0 Å². The maximum absolute atomic E-state index is 5.76. The molecule has 0 radical (unpaired) electrons. The summed E-state index contributed by atoms with van der Waals surface area (Å²) in [5.41, 5.74) is 8.45. The minimum absolute atomic E-state index is 0. The summed E-state index contributed by atoms with van der Waals surface area (Å²) in [5.74, 6) is 0. The first-order valence-corrected chi connectivity index (χ1v) is 4.67. The molecule has 72 valence electrons. The molecule has 0 fully saturated rings. The van der Waals surface area contributed by atoms with E-state index < -0.39 is 0 Å². The number of hydrogen-bond acceptors (Lipinski definition) is 1. The molecular formula is C12H18NNa. The van der Waals surface area contributed by atoms with Gasteiger partial charge < -0.3 is 5.73 Å². The van der Waals surface area contributed by atoms with E-state index in [9.17, 15) is 0 Å². The Kier molecular flexibility index (Phi) is 7.20. The molecule has 1 aromatic rings. The molecule has 14 heavy (non-hydrogen) atoms. The third-order valence-corrected chi connectivity index (χ3v) is 2.02. The Labute approximate surface area is 109 Å². The Hall–Kier alpha value is -0.0800. The number of hydrogen-bond donors (Lipinski definition) is 1. The van der Waals surface area contributed by atoms with Crippen molar-refractivity contribution in [1.29, 1.82) is 0 Å². The van der Waals surface area contributed by atoms with Gasteiger partial charge in [0, 0.05) is 6.04 Å². The second kappa shape index (κ2) is 7.24. The van der Waals surface area contributed by atoms with E-state index >= 15 is 0 Å². The van der Waals surface area contributed by atoms with E-state index in [0.29, 0.717) is 0 Å². The fourth-order valence-corrected chi connectivity index (χ4v) is 1.46. The summed E-state index contributed by atoms with van der Waals surface area (Å²) < 4.78 is 0. The molecule has 0 amide bonds. The second-order valence-electron chi connectivity index (χ2n) is 3.44. The molecule has 0 saturated heterocycles. The van der Waals surface area contributed by atoms with Crippen LogP contribution in [-0.4, -0.2) is 35.6 Å². The molecule has 0 aliphatic carbocycles. The van der Waals surface area contributed by atoms with Gasteiger partial charge in [0.25, 0.3) is 0 Å². The molecule has 1 atom stereocenters. The zero-order valence-corrected chi connectivity index (χ0v) is 8.16. The van der Waals surface area contributed by atoms with Crippen LogP contribution >= 0.6 is 0 Å². The van der Waals surface area contributed by atoms with Crippen LogP contribution in [0.3, 0.4) is 0 Å². The van der Waals surface area contributed by atoms with Crippen LogP contribution in [0.4, 0.5) is 0 Å². The molecule has 0 bridgehead atoms. The average molecular weight is 199 g/mol. The molecule has 0 aromatic heterocycles. The molecule has 0 aliphatic rings. The molecular weight excluding hydrogens is 181 g/mol. The van der Waals surface area contributed by atoms with Gasteiger partial charge in [-0.25, -0.2) is 0 Å². The van der Waals surface area contributed by atoms with E-state index in [2.05, 4.69) is 30.8 Å². The SMILES string of the molecule is C=CCc1ccccc1CC(C)N.[NaH]. The monoisotopic (exact) mass is 199 g/mol. The van der Waals surface area contributed by atoms with Crippen molar-refractivity contribution >= 4 is 29.6 Å². The first kappa shape index (κ1) is 13.9. The Morgan fingerprint density at radius 2 is 1.93 bits per heavy atom. The predicted molar refractivity (Wildman–Crippen MR) is 64.8 cm³/mol. The number of rotatable bonds is 4. The zero-order valence-electron chi connectivity index (χ0n) is 8.16. The fraction of sp³-hybridized carbons (Fsp3) is 0.333. The first-order chi connectivity index (χ1) is 6.24. The van der Waals surface area contributed by atoms with Gasteiger partial charge in [-0.2, -0.15) is 0 Å². The molecule has 2 heteroatoms. The average Bonchev–Trinajstić information content (AvgIpc) is 2.08. The van der Waals surface area contributed by atoms with Gasteiger partial charge in [-0.15, -0.1) is 6.58 Å². The van der Waals surface area contributed by atoms with Crippen LogP contribution in [0.15, 0.2) is 36.9 Å². The van der Waals surface area contributed by atoms with Crippen molar-refractivity contribution in [3.05, 3.63) is 48.0 Å². The third kappa shape index (κ3) is 4.43. The summed E-state index contributed by atoms with van der Waals surface area (Å²) >= 11 is 0. The Morgan fingerprint density at radius 3 is 2.43 bits per heavy atom. The van der Waals surface area contributed by atoms with Crippen molar-refractivity contribution in [3.8, 4) is 0 Å². The molecule has 0 saturated carbocycles. The summed E-state index contributed by atoms with van der Waals surface area (Å²) in [6, 6.07) is 8.63. The second-order valence-corrected chi connectivity index (χ2v) is 3.44. The summed E-state index contributed by atoms with van der Waals surface area (Å²) in [4.78, 5) is 0. The fourth-order valence-electron chi connectivity index (χ4n) is 1.46. The van der Waals surface area contributed by atoms with Crippen LogP contribution < -0.4 is 5.73 Å². The Bertz CT molecular complexity index is 281. The van der Waals surface area contributed by atoms with Crippen LogP contribution in [0.5, 0.6) is 0 Å². The molecule has 0 aliphatic heterocycles. The molecule has 0 heterocycles. The molecule has 2 N–H and O–H groups in total. The van der Waals surface area contributed by atoms with Gasteiger partial charge in [-0.3, -0.25) is 0 Å². The van der Waals surface area contributed by atoms with Gasteiger partial charge in [0.05, 0.1) is 0 Å². The van der Waals surface area contributed by atoms with Gasteiger partial charge in [0.2, 0.25) is 0 Å². The van der Waals surface area contributed by atoms with E-state index in [4.69, 9.17) is 5.73 Å². The van der Waals surface area contributed by atoms with E-state index in [1.807, 2.05) is 13.0 Å². The van der Waals surface area contributed by atoms with E-state index in [-0.39, 0.29) is 35.6 Å². The summed E-state index contributed by atoms with van der Waals surface area (Å²) in [7, 11) is 0. The van der Waals surface area contributed by atoms with Crippen molar-refractivity contribution in [1.82, 2.24) is 0 Å². The van der Waals surface area contributed by atoms with Crippen molar-refractivity contribution in [3.63, 3.8) is 0 Å². The Balaban J connectivity index is 0.00000169. The molecule has 1 aromatic carbocycles. The van der Waals surface area contributed by atoms with Gasteiger partial charge in [0.1, 0.15) is 0 Å². The maximum atomic E-state index is 5.76. The zero-order chi connectivity index (χ0) is 9.68. The van der Waals surface area contributed by atoms with E-state index in [0.717, 1.165) is 12.8 Å². The predicted octanol–water partition coefficient (Wildman–Crippen LogP) is 1.66. The molecule has 1 nitrogen and oxygen atoms in total. The summed E-state index contributed by atoms with van der Waals surface area (Å²) in [6.45, 7) is 5.78. The van der Waals surface area contributed by atoms with Crippen LogP contribution in [-0.2, 0) is 12.8 Å². The first-order valence-electron chi connectivity index (χ1n) is 4.67. The van der Waals surface area contributed by atoms with Crippen LogP contribution in [0.2, 0.25) is 0 Å². The number of nitrogens with two attached hydrogens (primary N) is 1. The van der Waals surface area contributed by atoms with Crippen molar-refractivity contribution < 1.29 is 0 Å². The standard InChI is InChI=1S/C12H17N.Na.H/c1-3-6-11-7-4-5-8-12(11)9-10(2)13;;/h3-5,7-8,10H,1,6,9,13H2,2H3;;. The van der Waals surface area contributed by atoms with Gasteiger partial charge >= 0.3 is 29.6 Å². The van der Waals surface area contributed by atoms with E-state index in [1.165, 1.54) is 11.1 Å². The van der Waals surface area contributed by atoms with Gasteiger partial charge in [-0.05, 0) is 30.9 Å². The van der Waals surface area contributed by atoms with Crippen molar-refractivity contribution in [2.24, 2.45) is 5.73 Å². The number of benzene rings is 1. The third-order valence-electron chi connectivity index (χ3n) is 2.02. The van der Waals surface area contributed by atoms with Gasteiger partial charge in [0.15, 0.2) is 0 Å². The van der Waals surface area contributed by atoms with Crippen LogP contribution in [0.1, 0.15) is 18.1 Å². The van der Waals surface area contributed by atoms with E-state index in [1.54, 1.807) is 0 Å². The molecule has 0 spiro atoms. The molecule has 1 unspecified atom stereocenters. The summed E-state index contributed by atoms with van der Waals surface area (Å²) in [5, 5.41) is 0. The van der Waals surface area contributed by atoms with Crippen molar-refractivity contribution in [2.75, 3.05) is 0 Å². The quantitative estimate of drug-likeness (QED) is 0.579.